The van der Waals surface area contributed by atoms with Crippen molar-refractivity contribution in [3.05, 3.63) is 28.5 Å². The van der Waals surface area contributed by atoms with Crippen LogP contribution in [-0.2, 0) is 10.9 Å². The maximum atomic E-state index is 12.6. The van der Waals surface area contributed by atoms with Gasteiger partial charge in [0.1, 0.15) is 5.60 Å². The van der Waals surface area contributed by atoms with E-state index < -0.39 is 23.4 Å². The van der Waals surface area contributed by atoms with E-state index in [1.165, 1.54) is 0 Å². The first-order valence-electron chi connectivity index (χ1n) is 7.13. The molecule has 1 heterocycles. The Morgan fingerprint density at radius 2 is 2.00 bits per heavy atom. The Bertz CT molecular complexity index is 557. The van der Waals surface area contributed by atoms with Gasteiger partial charge in [0.15, 0.2) is 0 Å². The summed E-state index contributed by atoms with van der Waals surface area (Å²) in [5, 5.41) is 2.51. The van der Waals surface area contributed by atoms with Crippen LogP contribution in [0.25, 0.3) is 0 Å². The number of nitrogens with one attached hydrogen (secondary N) is 1. The van der Waals surface area contributed by atoms with Crippen molar-refractivity contribution in [3.63, 3.8) is 0 Å². The van der Waals surface area contributed by atoms with Crippen molar-refractivity contribution in [1.29, 1.82) is 0 Å². The van der Waals surface area contributed by atoms with Crippen LogP contribution in [0.1, 0.15) is 51.3 Å². The first-order valence-corrected chi connectivity index (χ1v) is 7.51. The van der Waals surface area contributed by atoms with Gasteiger partial charge in [-0.15, -0.1) is 0 Å². The summed E-state index contributed by atoms with van der Waals surface area (Å²) in [6, 6.07) is 0.847. The van der Waals surface area contributed by atoms with E-state index in [2.05, 4.69) is 10.3 Å². The standard InChI is InChI=1S/C15H20ClF3N2O2/c1-5-9(7-21-13(22)23-14(2,3)4)12-11(16)6-10(8-20-12)15(17,18)19/h6,8-9H,5,7H2,1-4H3,(H,21,22). The van der Waals surface area contributed by atoms with E-state index in [1.54, 1.807) is 20.8 Å². The van der Waals surface area contributed by atoms with Crippen LogP contribution in [0, 0.1) is 0 Å². The lowest BCUT2D eigenvalue weighted by molar-refractivity contribution is -0.137. The Labute approximate surface area is 138 Å². The van der Waals surface area contributed by atoms with Crippen molar-refractivity contribution in [3.8, 4) is 0 Å². The third kappa shape index (κ3) is 6.25. The number of carbonyl (C=O) groups is 1. The molecule has 0 radical (unpaired) electrons. The summed E-state index contributed by atoms with van der Waals surface area (Å²) in [7, 11) is 0. The zero-order valence-electron chi connectivity index (χ0n) is 13.4. The van der Waals surface area contributed by atoms with Crippen molar-refractivity contribution in [2.75, 3.05) is 6.54 Å². The second-order valence-electron chi connectivity index (χ2n) is 6.08. The Morgan fingerprint density at radius 3 is 2.43 bits per heavy atom. The first-order chi connectivity index (χ1) is 10.4. The van der Waals surface area contributed by atoms with Crippen molar-refractivity contribution >= 4 is 17.7 Å². The van der Waals surface area contributed by atoms with Crippen LogP contribution in [0.5, 0.6) is 0 Å². The highest BCUT2D eigenvalue weighted by Gasteiger charge is 2.32. The largest absolute Gasteiger partial charge is 0.444 e. The number of hydrogen-bond acceptors (Lipinski definition) is 3. The molecule has 8 heteroatoms. The van der Waals surface area contributed by atoms with E-state index in [0.717, 1.165) is 12.3 Å². The predicted molar refractivity (Wildman–Crippen MR) is 81.5 cm³/mol. The average Bonchev–Trinajstić information content (AvgIpc) is 2.37. The van der Waals surface area contributed by atoms with Gasteiger partial charge in [0, 0.05) is 18.7 Å². The van der Waals surface area contributed by atoms with Crippen LogP contribution in [0.2, 0.25) is 5.02 Å². The summed E-state index contributed by atoms with van der Waals surface area (Å²) in [5.74, 6) is -0.308. The van der Waals surface area contributed by atoms with Gasteiger partial charge in [-0.25, -0.2) is 4.79 Å². The number of hydrogen-bond donors (Lipinski definition) is 1. The number of aromatic nitrogens is 1. The number of halogens is 4. The molecule has 0 aliphatic carbocycles. The summed E-state index contributed by atoms with van der Waals surface area (Å²) in [6.45, 7) is 7.20. The van der Waals surface area contributed by atoms with Crippen LogP contribution >= 0.6 is 11.6 Å². The molecule has 0 aliphatic rings. The highest BCUT2D eigenvalue weighted by Crippen LogP contribution is 2.33. The van der Waals surface area contributed by atoms with E-state index in [1.807, 2.05) is 6.92 Å². The summed E-state index contributed by atoms with van der Waals surface area (Å²) >= 11 is 5.92. The minimum absolute atomic E-state index is 0.0716. The van der Waals surface area contributed by atoms with Gasteiger partial charge in [0.05, 0.1) is 16.3 Å². The minimum Gasteiger partial charge on any atom is -0.444 e. The van der Waals surface area contributed by atoms with Crippen LogP contribution in [0.3, 0.4) is 0 Å². The molecule has 0 fully saturated rings. The van der Waals surface area contributed by atoms with Gasteiger partial charge in [-0.05, 0) is 33.3 Å². The molecule has 130 valence electrons. The number of nitrogens with zero attached hydrogens (tertiary/aromatic N) is 1. The summed E-state index contributed by atoms with van der Waals surface area (Å²) in [6.07, 6.45) is -3.80. The number of rotatable bonds is 4. The first kappa shape index (κ1) is 19.5. The van der Waals surface area contributed by atoms with Crippen LogP contribution in [-0.4, -0.2) is 23.2 Å². The van der Waals surface area contributed by atoms with Crippen LogP contribution in [0.15, 0.2) is 12.3 Å². The molecule has 0 saturated carbocycles. The topological polar surface area (TPSA) is 51.2 Å². The van der Waals surface area contributed by atoms with Gasteiger partial charge in [0.25, 0.3) is 0 Å². The van der Waals surface area contributed by atoms with E-state index in [4.69, 9.17) is 16.3 Å². The quantitative estimate of drug-likeness (QED) is 0.849. The molecule has 1 N–H and O–H groups in total. The molecule has 1 aromatic rings. The third-order valence-corrected chi connectivity index (χ3v) is 3.27. The second kappa shape index (κ2) is 7.38. The van der Waals surface area contributed by atoms with E-state index >= 15 is 0 Å². The number of alkyl carbamates (subject to hydrolysis) is 1. The molecule has 1 rings (SSSR count). The van der Waals surface area contributed by atoms with Crippen molar-refractivity contribution in [2.45, 2.75) is 51.8 Å². The molecule has 1 amide bonds. The third-order valence-electron chi connectivity index (χ3n) is 2.97. The monoisotopic (exact) mass is 352 g/mol. The molecule has 1 aromatic heterocycles. The fourth-order valence-corrected chi connectivity index (χ4v) is 2.18. The van der Waals surface area contributed by atoms with Crippen molar-refractivity contribution in [1.82, 2.24) is 10.3 Å². The highest BCUT2D eigenvalue weighted by molar-refractivity contribution is 6.31. The smallest absolute Gasteiger partial charge is 0.417 e. The summed E-state index contributed by atoms with van der Waals surface area (Å²) < 4.78 is 43.0. The molecule has 0 bridgehead atoms. The molecule has 0 spiro atoms. The molecule has 23 heavy (non-hydrogen) atoms. The predicted octanol–water partition coefficient (Wildman–Crippen LogP) is 4.77. The number of alkyl halides is 3. The molecule has 0 aliphatic heterocycles. The normalized spacial score (nSPS) is 13.6. The lowest BCUT2D eigenvalue weighted by Gasteiger charge is -2.22. The molecule has 1 atom stereocenters. The van der Waals surface area contributed by atoms with Gasteiger partial charge in [-0.3, -0.25) is 4.98 Å². The summed E-state index contributed by atoms with van der Waals surface area (Å²) in [4.78, 5) is 15.5. The fourth-order valence-electron chi connectivity index (χ4n) is 1.86. The van der Waals surface area contributed by atoms with E-state index in [9.17, 15) is 18.0 Å². The summed E-state index contributed by atoms with van der Waals surface area (Å²) in [5.41, 5.74) is -1.21. The van der Waals surface area contributed by atoms with Gasteiger partial charge in [-0.2, -0.15) is 13.2 Å². The van der Waals surface area contributed by atoms with Crippen molar-refractivity contribution in [2.24, 2.45) is 0 Å². The molecule has 1 unspecified atom stereocenters. The molecular weight excluding hydrogens is 333 g/mol. The molecule has 0 aromatic carbocycles. The van der Waals surface area contributed by atoms with Gasteiger partial charge in [0.2, 0.25) is 0 Å². The van der Waals surface area contributed by atoms with Crippen molar-refractivity contribution < 1.29 is 22.7 Å². The Hall–Kier alpha value is -1.50. The van der Waals surface area contributed by atoms with Gasteiger partial charge < -0.3 is 10.1 Å². The number of ether oxygens (including phenoxy) is 1. The Balaban J connectivity index is 2.81. The van der Waals surface area contributed by atoms with Gasteiger partial charge >= 0.3 is 12.3 Å². The maximum Gasteiger partial charge on any atom is 0.417 e. The fraction of sp³-hybridized carbons (Fsp3) is 0.600. The number of pyridine rings is 1. The number of amides is 1. The zero-order chi connectivity index (χ0) is 17.8. The lowest BCUT2D eigenvalue weighted by Crippen LogP contribution is -2.35. The second-order valence-corrected chi connectivity index (χ2v) is 6.48. The average molecular weight is 353 g/mol. The Morgan fingerprint density at radius 1 is 1.39 bits per heavy atom. The molecular formula is C15H20ClF3N2O2. The molecule has 4 nitrogen and oxygen atoms in total. The highest BCUT2D eigenvalue weighted by atomic mass is 35.5. The van der Waals surface area contributed by atoms with Gasteiger partial charge in [-0.1, -0.05) is 18.5 Å². The zero-order valence-corrected chi connectivity index (χ0v) is 14.2. The SMILES string of the molecule is CCC(CNC(=O)OC(C)(C)C)c1ncc(C(F)(F)F)cc1Cl. The van der Waals surface area contributed by atoms with E-state index in [0.29, 0.717) is 12.1 Å². The van der Waals surface area contributed by atoms with Crippen LogP contribution < -0.4 is 5.32 Å². The minimum atomic E-state index is -4.49. The van der Waals surface area contributed by atoms with Crippen LogP contribution in [0.4, 0.5) is 18.0 Å². The number of carbonyl (C=O) groups excluding carboxylic acids is 1. The Kier molecular flexibility index (Phi) is 6.27. The van der Waals surface area contributed by atoms with E-state index in [-0.39, 0.29) is 17.5 Å². The maximum absolute atomic E-state index is 12.6. The molecule has 0 saturated heterocycles. The lowest BCUT2D eigenvalue weighted by atomic mass is 10.0.